The number of benzene rings is 1. The molecule has 0 radical (unpaired) electrons. The Bertz CT molecular complexity index is 617. The molecule has 1 aromatic carbocycles. The van der Waals surface area contributed by atoms with Crippen molar-refractivity contribution >= 4 is 40.6 Å². The van der Waals surface area contributed by atoms with E-state index < -0.39 is 0 Å². The number of nitrogens with zero attached hydrogens (tertiary/aromatic N) is 1. The average Bonchev–Trinajstić information content (AvgIpc) is 2.37. The predicted octanol–water partition coefficient (Wildman–Crippen LogP) is 3.15. The predicted molar refractivity (Wildman–Crippen MR) is 77.4 cm³/mol. The summed E-state index contributed by atoms with van der Waals surface area (Å²) in [7, 11) is 0. The first-order valence-electron chi connectivity index (χ1n) is 5.50. The topological polar surface area (TPSA) is 68.0 Å². The van der Waals surface area contributed by atoms with Crippen LogP contribution < -0.4 is 11.1 Å². The van der Waals surface area contributed by atoms with E-state index in [-0.39, 0.29) is 12.3 Å². The van der Waals surface area contributed by atoms with Crippen LogP contribution in [0.15, 0.2) is 36.5 Å². The molecule has 1 heterocycles. The van der Waals surface area contributed by atoms with E-state index in [1.807, 2.05) is 0 Å². The zero-order chi connectivity index (χ0) is 13.8. The van der Waals surface area contributed by atoms with Crippen LogP contribution in [0.5, 0.6) is 0 Å². The molecular formula is C13H11Cl2N3O. The van der Waals surface area contributed by atoms with E-state index in [1.165, 1.54) is 0 Å². The Labute approximate surface area is 120 Å². The number of aromatic nitrogens is 1. The van der Waals surface area contributed by atoms with Crippen molar-refractivity contribution in [2.75, 3.05) is 11.1 Å². The molecular weight excluding hydrogens is 285 g/mol. The highest BCUT2D eigenvalue weighted by atomic mass is 35.5. The van der Waals surface area contributed by atoms with Crippen molar-refractivity contribution in [1.29, 1.82) is 0 Å². The summed E-state index contributed by atoms with van der Waals surface area (Å²) in [6.45, 7) is 0. The molecule has 0 saturated carbocycles. The van der Waals surface area contributed by atoms with Gasteiger partial charge in [0.15, 0.2) is 5.82 Å². The quantitative estimate of drug-likeness (QED) is 0.914. The average molecular weight is 296 g/mol. The van der Waals surface area contributed by atoms with Crippen molar-refractivity contribution in [1.82, 2.24) is 4.98 Å². The van der Waals surface area contributed by atoms with Crippen LogP contribution in [0, 0.1) is 0 Å². The number of rotatable bonds is 3. The lowest BCUT2D eigenvalue weighted by Gasteiger charge is -2.07. The number of carbonyl (C=O) groups excluding carboxylic acids is 1. The van der Waals surface area contributed by atoms with Gasteiger partial charge in [0.25, 0.3) is 0 Å². The maximum absolute atomic E-state index is 11.8. The molecule has 6 heteroatoms. The number of anilines is 2. The van der Waals surface area contributed by atoms with Crippen molar-refractivity contribution in [2.45, 2.75) is 6.42 Å². The van der Waals surface area contributed by atoms with Crippen molar-refractivity contribution in [2.24, 2.45) is 0 Å². The van der Waals surface area contributed by atoms with Gasteiger partial charge in [-0.3, -0.25) is 4.79 Å². The zero-order valence-electron chi connectivity index (χ0n) is 9.86. The SMILES string of the molecule is Nc1cccnc1NC(=O)Cc1ccc(Cl)c(Cl)c1. The summed E-state index contributed by atoms with van der Waals surface area (Å²) in [6.07, 6.45) is 1.73. The van der Waals surface area contributed by atoms with E-state index in [9.17, 15) is 4.79 Å². The van der Waals surface area contributed by atoms with Gasteiger partial charge in [0.05, 0.1) is 22.2 Å². The molecule has 0 atom stereocenters. The molecule has 0 saturated heterocycles. The fourth-order valence-electron chi connectivity index (χ4n) is 1.53. The van der Waals surface area contributed by atoms with Gasteiger partial charge in [-0.1, -0.05) is 29.3 Å². The van der Waals surface area contributed by atoms with Gasteiger partial charge in [0.1, 0.15) is 0 Å². The van der Waals surface area contributed by atoms with Crippen LogP contribution in [0.4, 0.5) is 11.5 Å². The lowest BCUT2D eigenvalue weighted by Crippen LogP contribution is -2.16. The molecule has 0 aliphatic rings. The van der Waals surface area contributed by atoms with Gasteiger partial charge >= 0.3 is 0 Å². The molecule has 19 heavy (non-hydrogen) atoms. The van der Waals surface area contributed by atoms with Crippen LogP contribution in [0.1, 0.15) is 5.56 Å². The monoisotopic (exact) mass is 295 g/mol. The molecule has 0 fully saturated rings. The standard InChI is InChI=1S/C13H11Cl2N3O/c14-9-4-3-8(6-10(9)15)7-12(19)18-13-11(16)2-1-5-17-13/h1-6H,7,16H2,(H,17,18,19). The van der Waals surface area contributed by atoms with Gasteiger partial charge < -0.3 is 11.1 Å². The molecule has 4 nitrogen and oxygen atoms in total. The third kappa shape index (κ3) is 3.59. The summed E-state index contributed by atoms with van der Waals surface area (Å²) >= 11 is 11.7. The first-order valence-corrected chi connectivity index (χ1v) is 6.26. The number of nitrogens with two attached hydrogens (primary N) is 1. The molecule has 2 rings (SSSR count). The molecule has 1 amide bonds. The molecule has 3 N–H and O–H groups in total. The summed E-state index contributed by atoms with van der Waals surface area (Å²) in [5, 5.41) is 3.52. The third-order valence-corrected chi connectivity index (χ3v) is 3.18. The molecule has 0 bridgehead atoms. The normalized spacial score (nSPS) is 10.2. The van der Waals surface area contributed by atoms with Crippen molar-refractivity contribution in [3.8, 4) is 0 Å². The Morgan fingerprint density at radius 2 is 2.05 bits per heavy atom. The minimum absolute atomic E-state index is 0.174. The number of nitrogens with one attached hydrogen (secondary N) is 1. The molecule has 2 aromatic rings. The van der Waals surface area contributed by atoms with Crippen molar-refractivity contribution in [3.05, 3.63) is 52.1 Å². The van der Waals surface area contributed by atoms with E-state index >= 15 is 0 Å². The van der Waals surface area contributed by atoms with Gasteiger partial charge in [-0.25, -0.2) is 4.98 Å². The third-order valence-electron chi connectivity index (χ3n) is 2.45. The summed E-state index contributed by atoms with van der Waals surface area (Å²) in [5.74, 6) is 0.136. The maximum Gasteiger partial charge on any atom is 0.230 e. The van der Waals surface area contributed by atoms with E-state index in [0.717, 1.165) is 5.56 Å². The highest BCUT2D eigenvalue weighted by molar-refractivity contribution is 6.42. The Morgan fingerprint density at radius 3 is 2.74 bits per heavy atom. The molecule has 0 aliphatic heterocycles. The second kappa shape index (κ2) is 5.91. The van der Waals surface area contributed by atoms with E-state index in [4.69, 9.17) is 28.9 Å². The van der Waals surface area contributed by atoms with Crippen LogP contribution >= 0.6 is 23.2 Å². The van der Waals surface area contributed by atoms with Gasteiger partial charge in [-0.15, -0.1) is 0 Å². The number of nitrogen functional groups attached to an aromatic ring is 1. The van der Waals surface area contributed by atoms with Gasteiger partial charge in [0, 0.05) is 6.20 Å². The van der Waals surface area contributed by atoms with Gasteiger partial charge in [-0.05, 0) is 29.8 Å². The number of carbonyl (C=O) groups is 1. The lowest BCUT2D eigenvalue weighted by atomic mass is 10.1. The van der Waals surface area contributed by atoms with Crippen LogP contribution in [0.2, 0.25) is 10.0 Å². The highest BCUT2D eigenvalue weighted by Gasteiger charge is 2.08. The van der Waals surface area contributed by atoms with E-state index in [0.29, 0.717) is 21.6 Å². The zero-order valence-corrected chi connectivity index (χ0v) is 11.4. The first kappa shape index (κ1) is 13.6. The minimum Gasteiger partial charge on any atom is -0.396 e. The fourth-order valence-corrected chi connectivity index (χ4v) is 1.85. The maximum atomic E-state index is 11.8. The molecule has 98 valence electrons. The molecule has 0 aliphatic carbocycles. The largest absolute Gasteiger partial charge is 0.396 e. The molecule has 0 unspecified atom stereocenters. The fraction of sp³-hybridized carbons (Fsp3) is 0.0769. The number of hydrogen-bond acceptors (Lipinski definition) is 3. The van der Waals surface area contributed by atoms with E-state index in [2.05, 4.69) is 10.3 Å². The second-order valence-corrected chi connectivity index (χ2v) is 4.73. The van der Waals surface area contributed by atoms with Gasteiger partial charge in [-0.2, -0.15) is 0 Å². The Kier molecular flexibility index (Phi) is 4.24. The second-order valence-electron chi connectivity index (χ2n) is 3.91. The molecule has 1 aromatic heterocycles. The Balaban J connectivity index is 2.05. The van der Waals surface area contributed by atoms with Crippen LogP contribution in [0.3, 0.4) is 0 Å². The van der Waals surface area contributed by atoms with Crippen molar-refractivity contribution < 1.29 is 4.79 Å². The lowest BCUT2D eigenvalue weighted by molar-refractivity contribution is -0.115. The summed E-state index contributed by atoms with van der Waals surface area (Å²) < 4.78 is 0. The minimum atomic E-state index is -0.219. The van der Waals surface area contributed by atoms with Gasteiger partial charge in [0.2, 0.25) is 5.91 Å². The smallest absolute Gasteiger partial charge is 0.230 e. The number of pyridine rings is 1. The number of hydrogen-bond donors (Lipinski definition) is 2. The highest BCUT2D eigenvalue weighted by Crippen LogP contribution is 2.23. The van der Waals surface area contributed by atoms with Crippen LogP contribution in [-0.2, 0) is 11.2 Å². The summed E-state index contributed by atoms with van der Waals surface area (Å²) in [4.78, 5) is 15.8. The number of amides is 1. The van der Waals surface area contributed by atoms with Crippen molar-refractivity contribution in [3.63, 3.8) is 0 Å². The summed E-state index contributed by atoms with van der Waals surface area (Å²) in [6, 6.07) is 8.42. The first-order chi connectivity index (χ1) is 9.06. The molecule has 0 spiro atoms. The Morgan fingerprint density at radius 1 is 1.26 bits per heavy atom. The van der Waals surface area contributed by atoms with Crippen LogP contribution in [0.25, 0.3) is 0 Å². The summed E-state index contributed by atoms with van der Waals surface area (Å²) in [5.41, 5.74) is 6.88. The number of halogens is 2. The van der Waals surface area contributed by atoms with Crippen LogP contribution in [-0.4, -0.2) is 10.9 Å². The van der Waals surface area contributed by atoms with E-state index in [1.54, 1.807) is 36.5 Å². The Hall–Kier alpha value is -1.78.